The standard InChI is InChI=1S/C13H20BrNO2S2/c1-2-10-3-5-11(6-4-10)9-15-19(16,17)13-8-7-12(14)18-13/h7-8,10-11,15H,2-6,9H2,1H3. The van der Waals surface area contributed by atoms with E-state index in [-0.39, 0.29) is 0 Å². The summed E-state index contributed by atoms with van der Waals surface area (Å²) in [6, 6.07) is 3.41. The molecule has 1 aromatic heterocycles. The van der Waals surface area contributed by atoms with Gasteiger partial charge in [-0.15, -0.1) is 11.3 Å². The molecule has 0 atom stereocenters. The van der Waals surface area contributed by atoms with Crippen LogP contribution in [0.4, 0.5) is 0 Å². The highest BCUT2D eigenvalue weighted by atomic mass is 79.9. The van der Waals surface area contributed by atoms with Crippen molar-refractivity contribution >= 4 is 37.3 Å². The first kappa shape index (κ1) is 15.5. The van der Waals surface area contributed by atoms with Crippen molar-refractivity contribution < 1.29 is 8.42 Å². The summed E-state index contributed by atoms with van der Waals surface area (Å²) in [4.78, 5) is 0. The first-order valence-corrected chi connectivity index (χ1v) is 9.85. The molecule has 0 saturated heterocycles. The van der Waals surface area contributed by atoms with Crippen molar-refractivity contribution in [2.45, 2.75) is 43.2 Å². The Morgan fingerprint density at radius 3 is 2.42 bits per heavy atom. The molecule has 0 bridgehead atoms. The highest BCUT2D eigenvalue weighted by Gasteiger charge is 2.23. The van der Waals surface area contributed by atoms with E-state index in [1.54, 1.807) is 12.1 Å². The average molecular weight is 366 g/mol. The van der Waals surface area contributed by atoms with Crippen molar-refractivity contribution in [1.82, 2.24) is 4.72 Å². The third-order valence-corrected chi connectivity index (χ3v) is 7.46. The van der Waals surface area contributed by atoms with Crippen LogP contribution in [-0.2, 0) is 10.0 Å². The number of sulfonamides is 1. The molecule has 2 rings (SSSR count). The third kappa shape index (κ3) is 4.28. The van der Waals surface area contributed by atoms with Crippen LogP contribution < -0.4 is 4.72 Å². The summed E-state index contributed by atoms with van der Waals surface area (Å²) in [5.74, 6) is 1.35. The van der Waals surface area contributed by atoms with Crippen molar-refractivity contribution in [1.29, 1.82) is 0 Å². The first-order valence-electron chi connectivity index (χ1n) is 6.76. The lowest BCUT2D eigenvalue weighted by Gasteiger charge is -2.27. The van der Waals surface area contributed by atoms with Gasteiger partial charge in [0.25, 0.3) is 0 Å². The summed E-state index contributed by atoms with van der Waals surface area (Å²) in [5, 5.41) is 0. The topological polar surface area (TPSA) is 46.2 Å². The molecular weight excluding hydrogens is 346 g/mol. The zero-order valence-electron chi connectivity index (χ0n) is 11.1. The molecule has 1 aromatic rings. The van der Waals surface area contributed by atoms with E-state index in [9.17, 15) is 8.42 Å². The number of hydrogen-bond acceptors (Lipinski definition) is 3. The molecule has 1 N–H and O–H groups in total. The zero-order valence-corrected chi connectivity index (χ0v) is 14.3. The minimum atomic E-state index is -3.32. The molecule has 1 saturated carbocycles. The summed E-state index contributed by atoms with van der Waals surface area (Å²) in [6.45, 7) is 2.82. The summed E-state index contributed by atoms with van der Waals surface area (Å²) < 4.78 is 28.2. The maximum absolute atomic E-state index is 12.1. The quantitative estimate of drug-likeness (QED) is 0.856. The lowest BCUT2D eigenvalue weighted by Crippen LogP contribution is -2.30. The zero-order chi connectivity index (χ0) is 13.9. The fourth-order valence-electron chi connectivity index (χ4n) is 2.58. The van der Waals surface area contributed by atoms with Gasteiger partial charge in [-0.05, 0) is 52.7 Å². The van der Waals surface area contributed by atoms with E-state index in [4.69, 9.17) is 0 Å². The van der Waals surface area contributed by atoms with Crippen LogP contribution in [0.5, 0.6) is 0 Å². The van der Waals surface area contributed by atoms with Gasteiger partial charge in [-0.2, -0.15) is 0 Å². The van der Waals surface area contributed by atoms with Crippen molar-refractivity contribution in [3.05, 3.63) is 15.9 Å². The molecule has 6 heteroatoms. The second-order valence-corrected chi connectivity index (χ2v) is 9.66. The van der Waals surface area contributed by atoms with Crippen LogP contribution in [0, 0.1) is 11.8 Å². The number of thiophene rings is 1. The molecular formula is C13H20BrNO2S2. The van der Waals surface area contributed by atoms with E-state index in [0.29, 0.717) is 16.7 Å². The summed E-state index contributed by atoms with van der Waals surface area (Å²) in [6.07, 6.45) is 6.03. The van der Waals surface area contributed by atoms with Gasteiger partial charge in [-0.25, -0.2) is 13.1 Å². The molecule has 1 fully saturated rings. The third-order valence-electron chi connectivity index (χ3n) is 3.92. The Labute approximate surface area is 128 Å². The van der Waals surface area contributed by atoms with E-state index in [1.165, 1.54) is 30.6 Å². The maximum Gasteiger partial charge on any atom is 0.250 e. The van der Waals surface area contributed by atoms with Crippen LogP contribution in [0.1, 0.15) is 39.0 Å². The van der Waals surface area contributed by atoms with Crippen molar-refractivity contribution in [2.24, 2.45) is 11.8 Å². The lowest BCUT2D eigenvalue weighted by molar-refractivity contribution is 0.270. The fourth-order valence-corrected chi connectivity index (χ4v) is 5.76. The van der Waals surface area contributed by atoms with Gasteiger partial charge >= 0.3 is 0 Å². The van der Waals surface area contributed by atoms with Crippen LogP contribution in [0.25, 0.3) is 0 Å². The predicted octanol–water partition coefficient (Wildman–Crippen LogP) is 4.01. The lowest BCUT2D eigenvalue weighted by atomic mass is 9.81. The molecule has 0 amide bonds. The van der Waals surface area contributed by atoms with Gasteiger partial charge in [0.05, 0.1) is 3.79 Å². The Balaban J connectivity index is 1.85. The van der Waals surface area contributed by atoms with Gasteiger partial charge in [0.2, 0.25) is 10.0 Å². The van der Waals surface area contributed by atoms with Crippen molar-refractivity contribution in [3.8, 4) is 0 Å². The van der Waals surface area contributed by atoms with Crippen LogP contribution in [0.2, 0.25) is 0 Å². The molecule has 19 heavy (non-hydrogen) atoms. The van der Waals surface area contributed by atoms with Gasteiger partial charge in [0.15, 0.2) is 0 Å². The Bertz CT molecular complexity index is 504. The molecule has 1 aliphatic rings. The van der Waals surface area contributed by atoms with Crippen LogP contribution >= 0.6 is 27.3 Å². The Morgan fingerprint density at radius 2 is 1.89 bits per heavy atom. The molecule has 1 heterocycles. The number of halogens is 1. The first-order chi connectivity index (χ1) is 9.01. The number of rotatable bonds is 5. The Hall–Kier alpha value is 0.0900. The van der Waals surface area contributed by atoms with E-state index < -0.39 is 10.0 Å². The van der Waals surface area contributed by atoms with Crippen molar-refractivity contribution in [3.63, 3.8) is 0 Å². The van der Waals surface area contributed by atoms with E-state index in [1.807, 2.05) is 0 Å². The summed E-state index contributed by atoms with van der Waals surface area (Å²) >= 11 is 4.54. The highest BCUT2D eigenvalue weighted by Crippen LogP contribution is 2.31. The molecule has 0 aromatic carbocycles. The van der Waals surface area contributed by atoms with Gasteiger partial charge in [0, 0.05) is 6.54 Å². The summed E-state index contributed by atoms with van der Waals surface area (Å²) in [7, 11) is -3.32. The molecule has 0 spiro atoms. The minimum absolute atomic E-state index is 0.390. The fraction of sp³-hybridized carbons (Fsp3) is 0.692. The van der Waals surface area contributed by atoms with Crippen LogP contribution in [-0.4, -0.2) is 15.0 Å². The molecule has 108 valence electrons. The smallest absolute Gasteiger partial charge is 0.210 e. The molecule has 3 nitrogen and oxygen atoms in total. The Morgan fingerprint density at radius 1 is 1.26 bits per heavy atom. The largest absolute Gasteiger partial charge is 0.250 e. The number of nitrogens with one attached hydrogen (secondary N) is 1. The number of hydrogen-bond donors (Lipinski definition) is 1. The SMILES string of the molecule is CCC1CCC(CNS(=O)(=O)c2ccc(Br)s2)CC1. The molecule has 0 radical (unpaired) electrons. The van der Waals surface area contributed by atoms with E-state index >= 15 is 0 Å². The highest BCUT2D eigenvalue weighted by molar-refractivity contribution is 9.11. The molecule has 0 aliphatic heterocycles. The molecule has 0 unspecified atom stereocenters. The van der Waals surface area contributed by atoms with Gasteiger partial charge in [-0.1, -0.05) is 26.2 Å². The minimum Gasteiger partial charge on any atom is -0.210 e. The normalized spacial score (nSPS) is 24.5. The Kier molecular flexibility index (Phi) is 5.45. The van der Waals surface area contributed by atoms with Crippen molar-refractivity contribution in [2.75, 3.05) is 6.54 Å². The van der Waals surface area contributed by atoms with Gasteiger partial charge in [-0.3, -0.25) is 0 Å². The van der Waals surface area contributed by atoms with E-state index in [0.717, 1.165) is 22.5 Å². The van der Waals surface area contributed by atoms with Gasteiger partial charge in [0.1, 0.15) is 4.21 Å². The van der Waals surface area contributed by atoms with Gasteiger partial charge < -0.3 is 0 Å². The maximum atomic E-state index is 12.1. The second-order valence-electron chi connectivity index (χ2n) is 5.21. The van der Waals surface area contributed by atoms with Crippen LogP contribution in [0.3, 0.4) is 0 Å². The molecule has 1 aliphatic carbocycles. The average Bonchev–Trinajstić information content (AvgIpc) is 2.85. The summed E-state index contributed by atoms with van der Waals surface area (Å²) in [5.41, 5.74) is 0. The van der Waals surface area contributed by atoms with Crippen LogP contribution in [0.15, 0.2) is 20.1 Å². The van der Waals surface area contributed by atoms with E-state index in [2.05, 4.69) is 27.6 Å². The second kappa shape index (κ2) is 6.70. The monoisotopic (exact) mass is 365 g/mol. The predicted molar refractivity (Wildman–Crippen MR) is 82.9 cm³/mol.